The highest BCUT2D eigenvalue weighted by Gasteiger charge is 2.03. The second-order valence-electron chi connectivity index (χ2n) is 5.27. The fourth-order valence-corrected chi connectivity index (χ4v) is 2.30. The summed E-state index contributed by atoms with van der Waals surface area (Å²) in [6.45, 7) is 1.91. The zero-order chi connectivity index (χ0) is 16.3. The van der Waals surface area contributed by atoms with Gasteiger partial charge in [0.2, 0.25) is 0 Å². The Balaban J connectivity index is 1.59. The molecule has 2 aliphatic heterocycles. The van der Waals surface area contributed by atoms with Crippen LogP contribution in [0.5, 0.6) is 0 Å². The van der Waals surface area contributed by atoms with Gasteiger partial charge in [-0.15, -0.1) is 9.81 Å². The van der Waals surface area contributed by atoms with E-state index in [2.05, 4.69) is 20.2 Å². The molecule has 0 aromatic heterocycles. The van der Waals surface area contributed by atoms with Crippen molar-refractivity contribution in [2.45, 2.75) is 19.3 Å². The van der Waals surface area contributed by atoms with Crippen LogP contribution < -0.4 is 0 Å². The minimum absolute atomic E-state index is 0.818. The lowest BCUT2D eigenvalue weighted by atomic mass is 10.2. The number of nitroso groups, excluding NO2 is 2. The maximum absolute atomic E-state index is 10.1. The van der Waals surface area contributed by atoms with Crippen LogP contribution >= 0.6 is 0 Å². The Morgan fingerprint density at radius 2 is 1.09 bits per heavy atom. The van der Waals surface area contributed by atoms with Crippen molar-refractivity contribution >= 4 is 0 Å². The van der Waals surface area contributed by atoms with Crippen LogP contribution in [0.1, 0.15) is 19.3 Å². The molecule has 6 nitrogen and oxygen atoms in total. The lowest BCUT2D eigenvalue weighted by Crippen LogP contribution is -2.15. The van der Waals surface area contributed by atoms with Crippen LogP contribution in [0.15, 0.2) is 83.0 Å². The van der Waals surface area contributed by atoms with Crippen molar-refractivity contribution in [2.75, 3.05) is 13.1 Å². The minimum Gasteiger partial charge on any atom is -0.354 e. The Bertz CT molecular complexity index is 516. The molecule has 0 radical (unpaired) electrons. The smallest absolute Gasteiger partial charge is 0.0788 e. The van der Waals surface area contributed by atoms with E-state index in [9.17, 15) is 9.81 Å². The molecule has 0 atom stereocenters. The molecule has 2 heterocycles. The zero-order valence-electron chi connectivity index (χ0n) is 12.9. The SMILES string of the molecule is O=NC=C1C=CN(CCCCCN2C=CC(=CN=O)C=C2)C=C1. The molecule has 23 heavy (non-hydrogen) atoms. The van der Waals surface area contributed by atoms with Gasteiger partial charge in [0.05, 0.1) is 12.4 Å². The van der Waals surface area contributed by atoms with Crippen LogP contribution in [0.3, 0.4) is 0 Å². The molecule has 0 spiro atoms. The standard InChI is InChI=1S/C17H20N4O2/c22-18-14-16-4-10-20(11-5-16)8-2-1-3-9-21-12-6-17(7-13-21)15-19-23/h4-7,10-15H,1-3,8-9H2. The van der Waals surface area contributed by atoms with Gasteiger partial charge < -0.3 is 9.80 Å². The first-order valence-electron chi connectivity index (χ1n) is 7.61. The molecule has 2 aliphatic rings. The van der Waals surface area contributed by atoms with E-state index < -0.39 is 0 Å². The van der Waals surface area contributed by atoms with Gasteiger partial charge in [-0.05, 0) is 65.1 Å². The van der Waals surface area contributed by atoms with Crippen molar-refractivity contribution in [2.24, 2.45) is 10.4 Å². The van der Waals surface area contributed by atoms with E-state index in [0.717, 1.165) is 43.5 Å². The average molecular weight is 312 g/mol. The number of hydrogen-bond donors (Lipinski definition) is 0. The van der Waals surface area contributed by atoms with E-state index in [1.165, 1.54) is 12.4 Å². The lowest BCUT2D eigenvalue weighted by Gasteiger charge is -2.20. The van der Waals surface area contributed by atoms with Crippen LogP contribution in [0.4, 0.5) is 0 Å². The minimum atomic E-state index is 0.818. The molecular weight excluding hydrogens is 292 g/mol. The van der Waals surface area contributed by atoms with Crippen LogP contribution in [0.25, 0.3) is 0 Å². The van der Waals surface area contributed by atoms with Crippen molar-refractivity contribution in [1.29, 1.82) is 0 Å². The third-order valence-corrected chi connectivity index (χ3v) is 3.57. The second kappa shape index (κ2) is 9.30. The first kappa shape index (κ1) is 16.6. The molecule has 120 valence electrons. The van der Waals surface area contributed by atoms with E-state index >= 15 is 0 Å². The van der Waals surface area contributed by atoms with E-state index in [1.807, 2.05) is 49.1 Å². The summed E-state index contributed by atoms with van der Waals surface area (Å²) in [4.78, 5) is 24.5. The largest absolute Gasteiger partial charge is 0.354 e. The molecule has 0 saturated carbocycles. The quantitative estimate of drug-likeness (QED) is 0.499. The summed E-state index contributed by atoms with van der Waals surface area (Å²) < 4.78 is 0. The topological polar surface area (TPSA) is 65.3 Å². The fraction of sp³-hybridized carbons (Fsp3) is 0.294. The summed E-state index contributed by atoms with van der Waals surface area (Å²) in [5, 5.41) is 5.51. The van der Waals surface area contributed by atoms with Crippen LogP contribution in [0, 0.1) is 9.81 Å². The average Bonchev–Trinajstić information content (AvgIpc) is 2.58. The molecule has 0 unspecified atom stereocenters. The van der Waals surface area contributed by atoms with Gasteiger partial charge >= 0.3 is 0 Å². The predicted octanol–water partition coefficient (Wildman–Crippen LogP) is 4.14. The van der Waals surface area contributed by atoms with Crippen LogP contribution in [-0.2, 0) is 0 Å². The summed E-state index contributed by atoms with van der Waals surface area (Å²) in [5.41, 5.74) is 1.64. The normalized spacial score (nSPS) is 16.0. The van der Waals surface area contributed by atoms with Gasteiger partial charge in [-0.1, -0.05) is 0 Å². The molecule has 0 amide bonds. The van der Waals surface area contributed by atoms with E-state index in [1.54, 1.807) is 0 Å². The molecular formula is C17H20N4O2. The van der Waals surface area contributed by atoms with Crippen molar-refractivity contribution in [3.05, 3.63) is 82.5 Å². The number of unbranched alkanes of at least 4 members (excludes halogenated alkanes) is 2. The monoisotopic (exact) mass is 312 g/mol. The lowest BCUT2D eigenvalue weighted by molar-refractivity contribution is 0.435. The molecule has 0 aliphatic carbocycles. The van der Waals surface area contributed by atoms with E-state index in [-0.39, 0.29) is 0 Å². The second-order valence-corrected chi connectivity index (χ2v) is 5.27. The molecule has 2 rings (SSSR count). The molecule has 0 saturated heterocycles. The first-order chi connectivity index (χ1) is 11.3. The predicted molar refractivity (Wildman–Crippen MR) is 91.6 cm³/mol. The third kappa shape index (κ3) is 5.86. The summed E-state index contributed by atoms with van der Waals surface area (Å²) in [7, 11) is 0. The van der Waals surface area contributed by atoms with E-state index in [4.69, 9.17) is 0 Å². The van der Waals surface area contributed by atoms with Crippen molar-refractivity contribution in [3.8, 4) is 0 Å². The maximum Gasteiger partial charge on any atom is 0.0788 e. The van der Waals surface area contributed by atoms with Crippen molar-refractivity contribution in [3.63, 3.8) is 0 Å². The highest BCUT2D eigenvalue weighted by molar-refractivity contribution is 5.33. The number of hydrogen-bond acceptors (Lipinski definition) is 6. The highest BCUT2D eigenvalue weighted by atomic mass is 16.3. The van der Waals surface area contributed by atoms with Crippen LogP contribution in [-0.4, -0.2) is 22.9 Å². The fourth-order valence-electron chi connectivity index (χ4n) is 2.30. The van der Waals surface area contributed by atoms with Crippen molar-refractivity contribution < 1.29 is 0 Å². The number of rotatable bonds is 8. The summed E-state index contributed by atoms with van der Waals surface area (Å²) >= 11 is 0. The Kier molecular flexibility index (Phi) is 6.71. The maximum atomic E-state index is 10.1. The Morgan fingerprint density at radius 1 is 0.696 bits per heavy atom. The van der Waals surface area contributed by atoms with E-state index in [0.29, 0.717) is 0 Å². The molecule has 0 fully saturated rings. The number of nitrogens with zero attached hydrogens (tertiary/aromatic N) is 4. The van der Waals surface area contributed by atoms with Gasteiger partial charge in [-0.2, -0.15) is 0 Å². The van der Waals surface area contributed by atoms with Gasteiger partial charge in [-0.3, -0.25) is 0 Å². The Hall–Kier alpha value is -2.76. The Labute approximate surface area is 135 Å². The summed E-state index contributed by atoms with van der Waals surface area (Å²) in [5.74, 6) is 0. The third-order valence-electron chi connectivity index (χ3n) is 3.57. The summed E-state index contributed by atoms with van der Waals surface area (Å²) in [6.07, 6.45) is 21.3. The molecule has 0 bridgehead atoms. The van der Waals surface area contributed by atoms with Gasteiger partial charge in [0.15, 0.2) is 0 Å². The van der Waals surface area contributed by atoms with Gasteiger partial charge in [0.1, 0.15) is 0 Å². The first-order valence-corrected chi connectivity index (χ1v) is 7.61. The molecule has 0 aromatic rings. The van der Waals surface area contributed by atoms with Gasteiger partial charge in [0, 0.05) is 37.9 Å². The van der Waals surface area contributed by atoms with Gasteiger partial charge in [-0.25, -0.2) is 0 Å². The van der Waals surface area contributed by atoms with Gasteiger partial charge in [0.25, 0.3) is 0 Å². The van der Waals surface area contributed by atoms with Crippen molar-refractivity contribution in [1.82, 2.24) is 9.80 Å². The van der Waals surface area contributed by atoms with Crippen LogP contribution in [0.2, 0.25) is 0 Å². The molecule has 6 heteroatoms. The summed E-state index contributed by atoms with van der Waals surface area (Å²) in [6, 6.07) is 0. The zero-order valence-corrected chi connectivity index (χ0v) is 12.9. The number of allylic oxidation sites excluding steroid dienone is 6. The molecule has 0 N–H and O–H groups in total. The Morgan fingerprint density at radius 3 is 1.43 bits per heavy atom. The molecule has 0 aromatic carbocycles. The highest BCUT2D eigenvalue weighted by Crippen LogP contribution is 2.12.